The van der Waals surface area contributed by atoms with Crippen LogP contribution in [0.4, 0.5) is 0 Å². The van der Waals surface area contributed by atoms with E-state index in [1.165, 1.54) is 11.1 Å². The standard InChI is InChI=1S/C16H25NO/c1-3-4-13-17-16(18)8-6-5-7-15-11-9-14(2)10-12-15/h9-12H,3-8,13H2,1-2H3,(H,17,18). The van der Waals surface area contributed by atoms with Crippen LogP contribution in [0.25, 0.3) is 0 Å². The number of benzene rings is 1. The van der Waals surface area contributed by atoms with Crippen molar-refractivity contribution >= 4 is 5.91 Å². The maximum Gasteiger partial charge on any atom is 0.219 e. The minimum absolute atomic E-state index is 0.201. The van der Waals surface area contributed by atoms with Crippen LogP contribution < -0.4 is 5.32 Å². The summed E-state index contributed by atoms with van der Waals surface area (Å²) in [5.41, 5.74) is 2.67. The maximum absolute atomic E-state index is 11.5. The van der Waals surface area contributed by atoms with Gasteiger partial charge in [-0.25, -0.2) is 0 Å². The molecule has 0 heterocycles. The summed E-state index contributed by atoms with van der Waals surface area (Å²) in [4.78, 5) is 11.5. The largest absolute Gasteiger partial charge is 0.356 e. The number of rotatable bonds is 8. The van der Waals surface area contributed by atoms with Gasteiger partial charge < -0.3 is 5.32 Å². The van der Waals surface area contributed by atoms with E-state index < -0.39 is 0 Å². The number of aryl methyl sites for hydroxylation is 2. The second-order valence-electron chi connectivity index (χ2n) is 4.90. The van der Waals surface area contributed by atoms with Crippen LogP contribution in [-0.2, 0) is 11.2 Å². The van der Waals surface area contributed by atoms with E-state index in [4.69, 9.17) is 0 Å². The predicted octanol–water partition coefficient (Wildman–Crippen LogP) is 3.62. The molecule has 2 heteroatoms. The molecular formula is C16H25NO. The van der Waals surface area contributed by atoms with Gasteiger partial charge in [-0.3, -0.25) is 4.79 Å². The fourth-order valence-electron chi connectivity index (χ4n) is 1.86. The van der Waals surface area contributed by atoms with Gasteiger partial charge in [0.1, 0.15) is 0 Å². The number of nitrogens with one attached hydrogen (secondary N) is 1. The number of hydrogen-bond acceptors (Lipinski definition) is 1. The van der Waals surface area contributed by atoms with Crippen LogP contribution in [0.3, 0.4) is 0 Å². The highest BCUT2D eigenvalue weighted by Crippen LogP contribution is 2.08. The number of unbranched alkanes of at least 4 members (excludes halogenated alkanes) is 2. The van der Waals surface area contributed by atoms with Crippen LogP contribution in [0.15, 0.2) is 24.3 Å². The molecule has 1 amide bonds. The van der Waals surface area contributed by atoms with Crippen molar-refractivity contribution in [3.63, 3.8) is 0 Å². The van der Waals surface area contributed by atoms with Crippen molar-refractivity contribution in [2.75, 3.05) is 6.54 Å². The van der Waals surface area contributed by atoms with E-state index in [1.807, 2.05) is 0 Å². The molecule has 100 valence electrons. The molecule has 1 rings (SSSR count). The number of amides is 1. The van der Waals surface area contributed by atoms with Crippen molar-refractivity contribution in [2.24, 2.45) is 0 Å². The zero-order valence-electron chi connectivity index (χ0n) is 11.7. The minimum Gasteiger partial charge on any atom is -0.356 e. The van der Waals surface area contributed by atoms with E-state index in [9.17, 15) is 4.79 Å². The van der Waals surface area contributed by atoms with Crippen LogP contribution in [0.2, 0.25) is 0 Å². The molecule has 0 radical (unpaired) electrons. The topological polar surface area (TPSA) is 29.1 Å². The van der Waals surface area contributed by atoms with E-state index >= 15 is 0 Å². The molecule has 0 aliphatic carbocycles. The lowest BCUT2D eigenvalue weighted by molar-refractivity contribution is -0.121. The van der Waals surface area contributed by atoms with Crippen molar-refractivity contribution in [3.8, 4) is 0 Å². The van der Waals surface area contributed by atoms with Gasteiger partial charge in [0.15, 0.2) is 0 Å². The summed E-state index contributed by atoms with van der Waals surface area (Å²) in [7, 11) is 0. The molecular weight excluding hydrogens is 222 g/mol. The van der Waals surface area contributed by atoms with E-state index in [2.05, 4.69) is 43.4 Å². The molecule has 1 aromatic rings. The average molecular weight is 247 g/mol. The van der Waals surface area contributed by atoms with Gasteiger partial charge in [0.05, 0.1) is 0 Å². The first-order valence-corrected chi connectivity index (χ1v) is 7.04. The highest BCUT2D eigenvalue weighted by atomic mass is 16.1. The Morgan fingerprint density at radius 1 is 1.11 bits per heavy atom. The minimum atomic E-state index is 0.201. The van der Waals surface area contributed by atoms with Crippen molar-refractivity contribution < 1.29 is 4.79 Å². The summed E-state index contributed by atoms with van der Waals surface area (Å²) >= 11 is 0. The van der Waals surface area contributed by atoms with Crippen LogP contribution in [0.1, 0.15) is 50.2 Å². The number of carbonyl (C=O) groups is 1. The van der Waals surface area contributed by atoms with Crippen LogP contribution in [0, 0.1) is 6.92 Å². The Bertz CT molecular complexity index is 343. The first-order chi connectivity index (χ1) is 8.72. The van der Waals surface area contributed by atoms with Gasteiger partial charge in [-0.05, 0) is 38.2 Å². The molecule has 18 heavy (non-hydrogen) atoms. The maximum atomic E-state index is 11.5. The Labute approximate surface area is 111 Å². The lowest BCUT2D eigenvalue weighted by atomic mass is 10.1. The van der Waals surface area contributed by atoms with E-state index in [-0.39, 0.29) is 5.91 Å². The molecule has 0 aliphatic rings. The Balaban J connectivity index is 2.07. The highest BCUT2D eigenvalue weighted by molar-refractivity contribution is 5.75. The zero-order chi connectivity index (χ0) is 13.2. The first-order valence-electron chi connectivity index (χ1n) is 7.04. The fraction of sp³-hybridized carbons (Fsp3) is 0.562. The summed E-state index contributed by atoms with van der Waals surface area (Å²) in [6, 6.07) is 8.65. The van der Waals surface area contributed by atoms with Gasteiger partial charge in [0.2, 0.25) is 5.91 Å². The molecule has 0 spiro atoms. The Kier molecular flexibility index (Phi) is 7.16. The van der Waals surface area contributed by atoms with Crippen molar-refractivity contribution in [1.82, 2.24) is 5.32 Å². The van der Waals surface area contributed by atoms with E-state index in [0.29, 0.717) is 6.42 Å². The van der Waals surface area contributed by atoms with Crippen LogP contribution >= 0.6 is 0 Å². The normalized spacial score (nSPS) is 10.3. The summed E-state index contributed by atoms with van der Waals surface area (Å²) in [6.07, 6.45) is 6.01. The van der Waals surface area contributed by atoms with Gasteiger partial charge >= 0.3 is 0 Å². The first kappa shape index (κ1) is 14.7. The van der Waals surface area contributed by atoms with Gasteiger partial charge in [0, 0.05) is 13.0 Å². The van der Waals surface area contributed by atoms with Gasteiger partial charge in [-0.1, -0.05) is 43.2 Å². The Morgan fingerprint density at radius 3 is 2.50 bits per heavy atom. The third-order valence-electron chi connectivity index (χ3n) is 3.09. The summed E-state index contributed by atoms with van der Waals surface area (Å²) in [5, 5.41) is 2.95. The molecule has 0 saturated carbocycles. The number of carbonyl (C=O) groups excluding carboxylic acids is 1. The Hall–Kier alpha value is -1.31. The molecule has 2 nitrogen and oxygen atoms in total. The van der Waals surface area contributed by atoms with Gasteiger partial charge in [-0.2, -0.15) is 0 Å². The molecule has 0 fully saturated rings. The van der Waals surface area contributed by atoms with Gasteiger partial charge in [0.25, 0.3) is 0 Å². The lowest BCUT2D eigenvalue weighted by Gasteiger charge is -2.04. The van der Waals surface area contributed by atoms with Crippen molar-refractivity contribution in [3.05, 3.63) is 35.4 Å². The van der Waals surface area contributed by atoms with Crippen LogP contribution in [-0.4, -0.2) is 12.5 Å². The third-order valence-corrected chi connectivity index (χ3v) is 3.09. The molecule has 0 unspecified atom stereocenters. The van der Waals surface area contributed by atoms with Crippen LogP contribution in [0.5, 0.6) is 0 Å². The molecule has 1 N–H and O–H groups in total. The molecule has 1 aromatic carbocycles. The zero-order valence-corrected chi connectivity index (χ0v) is 11.7. The second kappa shape index (κ2) is 8.73. The second-order valence-corrected chi connectivity index (χ2v) is 4.90. The molecule has 0 atom stereocenters. The quantitative estimate of drug-likeness (QED) is 0.698. The predicted molar refractivity (Wildman–Crippen MR) is 76.7 cm³/mol. The summed E-state index contributed by atoms with van der Waals surface area (Å²) in [5.74, 6) is 0.201. The SMILES string of the molecule is CCCCNC(=O)CCCCc1ccc(C)cc1. The van der Waals surface area contributed by atoms with Crippen molar-refractivity contribution in [2.45, 2.75) is 52.4 Å². The Morgan fingerprint density at radius 2 is 1.83 bits per heavy atom. The summed E-state index contributed by atoms with van der Waals surface area (Å²) in [6.45, 7) is 5.06. The van der Waals surface area contributed by atoms with E-state index in [1.54, 1.807) is 0 Å². The lowest BCUT2D eigenvalue weighted by Crippen LogP contribution is -2.23. The third kappa shape index (κ3) is 6.43. The van der Waals surface area contributed by atoms with Crippen molar-refractivity contribution in [1.29, 1.82) is 0 Å². The highest BCUT2D eigenvalue weighted by Gasteiger charge is 2.00. The summed E-state index contributed by atoms with van der Waals surface area (Å²) < 4.78 is 0. The molecule has 0 aromatic heterocycles. The smallest absolute Gasteiger partial charge is 0.219 e. The van der Waals surface area contributed by atoms with E-state index in [0.717, 1.165) is 38.6 Å². The number of hydrogen-bond donors (Lipinski definition) is 1. The van der Waals surface area contributed by atoms with Gasteiger partial charge in [-0.15, -0.1) is 0 Å². The molecule has 0 aliphatic heterocycles. The monoisotopic (exact) mass is 247 g/mol. The molecule has 0 saturated heterocycles. The average Bonchev–Trinajstić information content (AvgIpc) is 2.37. The molecule has 0 bridgehead atoms. The fourth-order valence-corrected chi connectivity index (χ4v) is 1.86.